The Morgan fingerprint density at radius 3 is 2.58 bits per heavy atom. The zero-order valence-electron chi connectivity index (χ0n) is 8.42. The van der Waals surface area contributed by atoms with E-state index in [4.69, 9.17) is 5.73 Å². The first-order chi connectivity index (χ1) is 5.76. The fraction of sp³-hybridized carbons (Fsp3) is 1.00. The molecule has 0 heterocycles. The summed E-state index contributed by atoms with van der Waals surface area (Å²) in [6.07, 6.45) is 4.11. The first-order valence-corrected chi connectivity index (χ1v) is 5.14. The number of nitrogens with two attached hydrogens (primary N) is 1. The van der Waals surface area contributed by atoms with E-state index in [9.17, 15) is 0 Å². The molecule has 0 amide bonds. The molecule has 1 atom stereocenters. The molecular formula is C10H22N2. The minimum atomic E-state index is 0.703. The molecule has 0 bridgehead atoms. The molecule has 0 aliphatic heterocycles. The Labute approximate surface area is 76.1 Å². The zero-order chi connectivity index (χ0) is 8.97. The summed E-state index contributed by atoms with van der Waals surface area (Å²) in [5.41, 5.74) is 5.65. The lowest BCUT2D eigenvalue weighted by atomic mass is 10.1. The Morgan fingerprint density at radius 1 is 1.50 bits per heavy atom. The van der Waals surface area contributed by atoms with Crippen LogP contribution in [0.25, 0.3) is 0 Å². The normalized spacial score (nSPS) is 20.0. The predicted octanol–water partition coefficient (Wildman–Crippen LogP) is 1.31. The summed E-state index contributed by atoms with van der Waals surface area (Å²) in [7, 11) is 2.22. The van der Waals surface area contributed by atoms with Crippen LogP contribution in [0, 0.1) is 11.8 Å². The van der Waals surface area contributed by atoms with E-state index in [1.54, 1.807) is 0 Å². The summed E-state index contributed by atoms with van der Waals surface area (Å²) < 4.78 is 0. The molecule has 0 aromatic carbocycles. The Balaban J connectivity index is 2.09. The third-order valence-corrected chi connectivity index (χ3v) is 2.75. The predicted molar refractivity (Wildman–Crippen MR) is 53.1 cm³/mol. The summed E-state index contributed by atoms with van der Waals surface area (Å²) in [4.78, 5) is 2.44. The highest BCUT2D eigenvalue weighted by molar-refractivity contribution is 4.77. The maximum Gasteiger partial charge on any atom is 0.00187 e. The third-order valence-electron chi connectivity index (χ3n) is 2.75. The van der Waals surface area contributed by atoms with Crippen molar-refractivity contribution in [1.29, 1.82) is 0 Å². The smallest absolute Gasteiger partial charge is 0.00187 e. The second-order valence-corrected chi connectivity index (χ2v) is 4.17. The van der Waals surface area contributed by atoms with Crippen LogP contribution in [0.4, 0.5) is 0 Å². The fourth-order valence-corrected chi connectivity index (χ4v) is 1.63. The molecule has 72 valence electrons. The standard InChI is InChI=1S/C10H22N2/c1-3-9(6-11)7-12(2)8-10-4-5-10/h9-10H,3-8,11H2,1-2H3. The second kappa shape index (κ2) is 4.83. The van der Waals surface area contributed by atoms with Crippen LogP contribution in [0.3, 0.4) is 0 Å². The first kappa shape index (κ1) is 10.0. The topological polar surface area (TPSA) is 29.3 Å². The van der Waals surface area contributed by atoms with E-state index in [1.165, 1.54) is 32.4 Å². The lowest BCUT2D eigenvalue weighted by Gasteiger charge is -2.21. The van der Waals surface area contributed by atoms with Gasteiger partial charge in [-0.05, 0) is 38.3 Å². The molecule has 0 saturated heterocycles. The molecule has 0 radical (unpaired) electrons. The van der Waals surface area contributed by atoms with Gasteiger partial charge in [-0.25, -0.2) is 0 Å². The van der Waals surface area contributed by atoms with Crippen LogP contribution in [0.2, 0.25) is 0 Å². The lowest BCUT2D eigenvalue weighted by Crippen LogP contribution is -2.31. The molecule has 1 fully saturated rings. The quantitative estimate of drug-likeness (QED) is 0.651. The zero-order valence-corrected chi connectivity index (χ0v) is 8.42. The van der Waals surface area contributed by atoms with Crippen molar-refractivity contribution in [2.24, 2.45) is 17.6 Å². The van der Waals surface area contributed by atoms with E-state index in [0.717, 1.165) is 12.5 Å². The van der Waals surface area contributed by atoms with Gasteiger partial charge in [0, 0.05) is 13.1 Å². The van der Waals surface area contributed by atoms with E-state index in [-0.39, 0.29) is 0 Å². The number of nitrogens with zero attached hydrogens (tertiary/aromatic N) is 1. The van der Waals surface area contributed by atoms with E-state index >= 15 is 0 Å². The maximum absolute atomic E-state index is 5.65. The molecule has 0 spiro atoms. The highest BCUT2D eigenvalue weighted by Crippen LogP contribution is 2.29. The van der Waals surface area contributed by atoms with Crippen LogP contribution in [0.1, 0.15) is 26.2 Å². The van der Waals surface area contributed by atoms with Crippen LogP contribution >= 0.6 is 0 Å². The van der Waals surface area contributed by atoms with Gasteiger partial charge in [-0.3, -0.25) is 0 Å². The molecule has 2 nitrogen and oxygen atoms in total. The van der Waals surface area contributed by atoms with Crippen LogP contribution < -0.4 is 5.73 Å². The van der Waals surface area contributed by atoms with Crippen molar-refractivity contribution in [1.82, 2.24) is 4.90 Å². The van der Waals surface area contributed by atoms with Crippen molar-refractivity contribution < 1.29 is 0 Å². The molecular weight excluding hydrogens is 148 g/mol. The van der Waals surface area contributed by atoms with Crippen LogP contribution in [-0.4, -0.2) is 31.6 Å². The first-order valence-electron chi connectivity index (χ1n) is 5.14. The van der Waals surface area contributed by atoms with Gasteiger partial charge in [-0.15, -0.1) is 0 Å². The third kappa shape index (κ3) is 3.55. The molecule has 12 heavy (non-hydrogen) atoms. The molecule has 1 rings (SSSR count). The monoisotopic (exact) mass is 170 g/mol. The summed E-state index contributed by atoms with van der Waals surface area (Å²) in [5, 5.41) is 0. The molecule has 0 aromatic rings. The van der Waals surface area contributed by atoms with Gasteiger partial charge >= 0.3 is 0 Å². The summed E-state index contributed by atoms with van der Waals surface area (Å²) in [6.45, 7) is 5.54. The maximum atomic E-state index is 5.65. The van der Waals surface area contributed by atoms with Crippen LogP contribution in [-0.2, 0) is 0 Å². The highest BCUT2D eigenvalue weighted by Gasteiger charge is 2.23. The Hall–Kier alpha value is -0.0800. The van der Waals surface area contributed by atoms with Crippen LogP contribution in [0.15, 0.2) is 0 Å². The van der Waals surface area contributed by atoms with Crippen molar-refractivity contribution >= 4 is 0 Å². The molecule has 1 aliphatic carbocycles. The van der Waals surface area contributed by atoms with Gasteiger partial charge in [-0.1, -0.05) is 13.3 Å². The van der Waals surface area contributed by atoms with Crippen LogP contribution in [0.5, 0.6) is 0 Å². The van der Waals surface area contributed by atoms with Crippen molar-refractivity contribution in [3.8, 4) is 0 Å². The molecule has 2 heteroatoms. The molecule has 1 aliphatic rings. The molecule has 2 N–H and O–H groups in total. The average Bonchev–Trinajstić information content (AvgIpc) is 2.84. The molecule has 1 saturated carbocycles. The van der Waals surface area contributed by atoms with Gasteiger partial charge in [-0.2, -0.15) is 0 Å². The summed E-state index contributed by atoms with van der Waals surface area (Å²) >= 11 is 0. The van der Waals surface area contributed by atoms with Crippen molar-refractivity contribution in [3.63, 3.8) is 0 Å². The Kier molecular flexibility index (Phi) is 4.02. The van der Waals surface area contributed by atoms with Gasteiger partial charge in [0.05, 0.1) is 0 Å². The Bertz CT molecular complexity index is 117. The molecule has 1 unspecified atom stereocenters. The summed E-state index contributed by atoms with van der Waals surface area (Å²) in [6, 6.07) is 0. The van der Waals surface area contributed by atoms with Crippen molar-refractivity contribution in [2.75, 3.05) is 26.7 Å². The lowest BCUT2D eigenvalue weighted by molar-refractivity contribution is 0.265. The Morgan fingerprint density at radius 2 is 2.17 bits per heavy atom. The van der Waals surface area contributed by atoms with E-state index < -0.39 is 0 Å². The SMILES string of the molecule is CCC(CN)CN(C)CC1CC1. The number of hydrogen-bond acceptors (Lipinski definition) is 2. The minimum absolute atomic E-state index is 0.703. The van der Waals surface area contributed by atoms with E-state index in [1.807, 2.05) is 0 Å². The van der Waals surface area contributed by atoms with Gasteiger partial charge in [0.1, 0.15) is 0 Å². The van der Waals surface area contributed by atoms with Gasteiger partial charge < -0.3 is 10.6 Å². The average molecular weight is 170 g/mol. The van der Waals surface area contributed by atoms with E-state index in [0.29, 0.717) is 5.92 Å². The van der Waals surface area contributed by atoms with Crippen molar-refractivity contribution in [2.45, 2.75) is 26.2 Å². The highest BCUT2D eigenvalue weighted by atomic mass is 15.1. The number of rotatable bonds is 6. The van der Waals surface area contributed by atoms with E-state index in [2.05, 4.69) is 18.9 Å². The number of hydrogen-bond donors (Lipinski definition) is 1. The van der Waals surface area contributed by atoms with Gasteiger partial charge in [0.15, 0.2) is 0 Å². The van der Waals surface area contributed by atoms with Gasteiger partial charge in [0.25, 0.3) is 0 Å². The second-order valence-electron chi connectivity index (χ2n) is 4.17. The van der Waals surface area contributed by atoms with Crippen molar-refractivity contribution in [3.05, 3.63) is 0 Å². The van der Waals surface area contributed by atoms with Gasteiger partial charge in [0.2, 0.25) is 0 Å². The largest absolute Gasteiger partial charge is 0.330 e. The minimum Gasteiger partial charge on any atom is -0.330 e. The fourth-order valence-electron chi connectivity index (χ4n) is 1.63. The summed E-state index contributed by atoms with van der Waals surface area (Å²) in [5.74, 6) is 1.71. The molecule has 0 aromatic heterocycles.